The first-order valence-electron chi connectivity index (χ1n) is 12.1. The van der Waals surface area contributed by atoms with Crippen molar-refractivity contribution in [1.29, 1.82) is 0 Å². The highest BCUT2D eigenvalue weighted by atomic mass is 32.2. The quantitative estimate of drug-likeness (QED) is 0.0566. The van der Waals surface area contributed by atoms with Crippen molar-refractivity contribution in [3.63, 3.8) is 0 Å². The van der Waals surface area contributed by atoms with Crippen LogP contribution in [0.4, 0.5) is 0 Å². The Kier molecular flexibility index (Phi) is 31.1. The number of nitrogens with zero attached hydrogens (tertiary/aromatic N) is 3. The van der Waals surface area contributed by atoms with Gasteiger partial charge in [-0.25, -0.2) is 0 Å². The predicted molar refractivity (Wildman–Crippen MR) is 135 cm³/mol. The number of hydrogen-bond acceptors (Lipinski definition) is 12. The summed E-state index contributed by atoms with van der Waals surface area (Å²) in [6.45, 7) is 10.8. The minimum atomic E-state index is 0.104. The lowest BCUT2D eigenvalue weighted by molar-refractivity contribution is -0.109. The molecule has 0 aromatic heterocycles. The molecule has 0 fully saturated rings. The fraction of sp³-hybridized carbons (Fsp3) is 0.955. The van der Waals surface area contributed by atoms with Gasteiger partial charge in [-0.15, -0.1) is 0 Å². The van der Waals surface area contributed by atoms with Crippen LogP contribution in [0.2, 0.25) is 0 Å². The lowest BCUT2D eigenvalue weighted by Gasteiger charge is -2.08. The molecule has 0 aliphatic carbocycles. The number of carbonyl (C=O) groups is 1. The van der Waals surface area contributed by atoms with Crippen LogP contribution in [0, 0.1) is 0 Å². The average molecular weight is 542 g/mol. The van der Waals surface area contributed by atoms with Crippen molar-refractivity contribution in [3.8, 4) is 0 Å². The molecule has 0 atom stereocenters. The van der Waals surface area contributed by atoms with Crippen LogP contribution in [0.5, 0.6) is 0 Å². The SMILES string of the molecule is CC(=O)SCCOCCOCCOCCOCCOCCOCCOCCOCCOCCN=[N+]=[N-]. The van der Waals surface area contributed by atoms with E-state index in [1.807, 2.05) is 0 Å². The standard InChI is InChI=1S/C22H43N3O10S/c1-22(26)36-21-20-35-19-18-34-17-16-33-15-14-32-13-12-31-11-10-30-9-8-29-7-6-28-5-4-27-3-2-24-25-23/h2-21H2,1H3. The molecule has 36 heavy (non-hydrogen) atoms. The smallest absolute Gasteiger partial charge is 0.185 e. The molecule has 0 spiro atoms. The van der Waals surface area contributed by atoms with Gasteiger partial charge in [0.25, 0.3) is 0 Å². The van der Waals surface area contributed by atoms with E-state index in [4.69, 9.17) is 48.2 Å². The van der Waals surface area contributed by atoms with Gasteiger partial charge in [-0.1, -0.05) is 16.9 Å². The van der Waals surface area contributed by atoms with Crippen molar-refractivity contribution in [2.24, 2.45) is 5.11 Å². The van der Waals surface area contributed by atoms with E-state index in [1.54, 1.807) is 6.92 Å². The number of thioether (sulfide) groups is 1. The van der Waals surface area contributed by atoms with E-state index in [0.29, 0.717) is 131 Å². The summed E-state index contributed by atoms with van der Waals surface area (Å²) >= 11 is 1.26. The molecule has 0 aliphatic heterocycles. The van der Waals surface area contributed by atoms with Crippen molar-refractivity contribution >= 4 is 16.9 Å². The van der Waals surface area contributed by atoms with Gasteiger partial charge in [-0.3, -0.25) is 4.79 Å². The van der Waals surface area contributed by atoms with Gasteiger partial charge in [0, 0.05) is 24.1 Å². The van der Waals surface area contributed by atoms with E-state index in [-0.39, 0.29) is 5.12 Å². The van der Waals surface area contributed by atoms with Crippen LogP contribution >= 0.6 is 11.8 Å². The summed E-state index contributed by atoms with van der Waals surface area (Å²) in [6.07, 6.45) is 0. The summed E-state index contributed by atoms with van der Waals surface area (Å²) in [5.41, 5.74) is 8.11. The molecule has 0 saturated carbocycles. The minimum Gasteiger partial charge on any atom is -0.379 e. The Balaban J connectivity index is 3.03. The van der Waals surface area contributed by atoms with Gasteiger partial charge in [0.1, 0.15) is 0 Å². The monoisotopic (exact) mass is 541 g/mol. The molecule has 212 valence electrons. The molecule has 0 aliphatic rings. The molecule has 0 bridgehead atoms. The van der Waals surface area contributed by atoms with Crippen LogP contribution in [-0.4, -0.2) is 136 Å². The summed E-state index contributed by atoms with van der Waals surface area (Å²) in [7, 11) is 0. The Morgan fingerprint density at radius 3 is 1.11 bits per heavy atom. The van der Waals surface area contributed by atoms with Crippen LogP contribution < -0.4 is 0 Å². The predicted octanol–water partition coefficient (Wildman–Crippen LogP) is 1.73. The molecule has 0 radical (unpaired) electrons. The Morgan fingerprint density at radius 1 is 0.556 bits per heavy atom. The summed E-state index contributed by atoms with van der Waals surface area (Å²) in [5.74, 6) is 0.673. The molecule has 0 rings (SSSR count). The first-order chi connectivity index (χ1) is 17.8. The summed E-state index contributed by atoms with van der Waals surface area (Å²) < 4.78 is 48.4. The highest BCUT2D eigenvalue weighted by molar-refractivity contribution is 8.13. The van der Waals surface area contributed by atoms with Crippen LogP contribution in [0.15, 0.2) is 5.11 Å². The first kappa shape index (κ1) is 35.0. The Labute approximate surface area is 218 Å². The van der Waals surface area contributed by atoms with E-state index in [1.165, 1.54) is 11.8 Å². The van der Waals surface area contributed by atoms with Gasteiger partial charge in [0.15, 0.2) is 5.12 Å². The zero-order valence-corrected chi connectivity index (χ0v) is 22.3. The number of ether oxygens (including phenoxy) is 9. The van der Waals surface area contributed by atoms with E-state index < -0.39 is 0 Å². The molecule has 0 aromatic rings. The van der Waals surface area contributed by atoms with Crippen LogP contribution in [0.3, 0.4) is 0 Å². The maximum atomic E-state index is 10.7. The number of azide groups is 1. The number of rotatable bonds is 30. The molecule has 14 heteroatoms. The van der Waals surface area contributed by atoms with Gasteiger partial charge in [0.2, 0.25) is 0 Å². The van der Waals surface area contributed by atoms with Gasteiger partial charge in [0.05, 0.1) is 119 Å². The normalized spacial score (nSPS) is 11.0. The van der Waals surface area contributed by atoms with Crippen LogP contribution in [0.1, 0.15) is 6.92 Å². The molecular weight excluding hydrogens is 498 g/mol. The Morgan fingerprint density at radius 2 is 0.833 bits per heavy atom. The molecule has 0 amide bonds. The lowest BCUT2D eigenvalue weighted by atomic mass is 10.6. The summed E-state index contributed by atoms with van der Waals surface area (Å²) in [5, 5.41) is 3.47. The molecule has 0 unspecified atom stereocenters. The fourth-order valence-corrected chi connectivity index (χ4v) is 2.74. The third kappa shape index (κ3) is 33.0. The molecule has 0 heterocycles. The van der Waals surface area contributed by atoms with E-state index in [0.717, 1.165) is 0 Å². The third-order valence-corrected chi connectivity index (χ3v) is 4.69. The number of hydrogen-bond donors (Lipinski definition) is 0. The van der Waals surface area contributed by atoms with Gasteiger partial charge >= 0.3 is 0 Å². The van der Waals surface area contributed by atoms with Crippen molar-refractivity contribution in [2.45, 2.75) is 6.92 Å². The second kappa shape index (κ2) is 32.0. The third-order valence-electron chi connectivity index (χ3n) is 3.91. The Bertz CT molecular complexity index is 486. The van der Waals surface area contributed by atoms with Gasteiger partial charge in [-0.05, 0) is 5.53 Å². The largest absolute Gasteiger partial charge is 0.379 e. The van der Waals surface area contributed by atoms with Gasteiger partial charge in [-0.2, -0.15) is 0 Å². The molecule has 0 saturated heterocycles. The highest BCUT2D eigenvalue weighted by Crippen LogP contribution is 1.99. The molecular formula is C22H43N3O10S. The second-order valence-corrected chi connectivity index (χ2v) is 8.08. The maximum Gasteiger partial charge on any atom is 0.185 e. The van der Waals surface area contributed by atoms with E-state index in [9.17, 15) is 4.79 Å². The zero-order valence-electron chi connectivity index (χ0n) is 21.5. The zero-order chi connectivity index (χ0) is 26.2. The molecule has 13 nitrogen and oxygen atoms in total. The average Bonchev–Trinajstić information content (AvgIpc) is 2.87. The Hall–Kier alpha value is -1.03. The fourth-order valence-electron chi connectivity index (χ4n) is 2.26. The summed E-state index contributed by atoms with van der Waals surface area (Å²) in [6, 6.07) is 0. The lowest BCUT2D eigenvalue weighted by Crippen LogP contribution is -2.15. The topological polar surface area (TPSA) is 149 Å². The number of carbonyl (C=O) groups excluding carboxylic acids is 1. The van der Waals surface area contributed by atoms with E-state index in [2.05, 4.69) is 10.0 Å². The van der Waals surface area contributed by atoms with Crippen molar-refractivity contribution in [3.05, 3.63) is 10.4 Å². The molecule has 0 N–H and O–H groups in total. The molecule has 0 aromatic carbocycles. The van der Waals surface area contributed by atoms with Crippen LogP contribution in [-0.2, 0) is 47.4 Å². The summed E-state index contributed by atoms with van der Waals surface area (Å²) in [4.78, 5) is 13.4. The second-order valence-electron chi connectivity index (χ2n) is 6.81. The van der Waals surface area contributed by atoms with E-state index >= 15 is 0 Å². The van der Waals surface area contributed by atoms with Crippen molar-refractivity contribution in [2.75, 3.05) is 131 Å². The van der Waals surface area contributed by atoms with Crippen molar-refractivity contribution in [1.82, 2.24) is 0 Å². The first-order valence-corrected chi connectivity index (χ1v) is 13.1. The highest BCUT2D eigenvalue weighted by Gasteiger charge is 1.96. The van der Waals surface area contributed by atoms with Crippen LogP contribution in [0.25, 0.3) is 10.4 Å². The van der Waals surface area contributed by atoms with Crippen molar-refractivity contribution < 1.29 is 47.4 Å². The van der Waals surface area contributed by atoms with Gasteiger partial charge < -0.3 is 42.6 Å². The minimum absolute atomic E-state index is 0.104. The maximum absolute atomic E-state index is 10.7.